The Morgan fingerprint density at radius 2 is 1.95 bits per heavy atom. The van der Waals surface area contributed by atoms with E-state index in [1.807, 2.05) is 20.8 Å². The quantitative estimate of drug-likeness (QED) is 0.610. The normalized spacial score (nSPS) is 25.3. The average molecular weight is 271 g/mol. The number of carboxylic acid groups (broad SMARTS) is 1. The van der Waals surface area contributed by atoms with E-state index in [2.05, 4.69) is 0 Å². The van der Waals surface area contributed by atoms with Gasteiger partial charge in [0.2, 0.25) is 0 Å². The lowest BCUT2D eigenvalue weighted by Gasteiger charge is -2.33. The first-order chi connectivity index (χ1) is 8.51. The van der Waals surface area contributed by atoms with Crippen molar-refractivity contribution in [3.63, 3.8) is 0 Å². The van der Waals surface area contributed by atoms with Gasteiger partial charge in [0.15, 0.2) is 11.3 Å². The summed E-state index contributed by atoms with van der Waals surface area (Å²) in [5, 5.41) is 9.08. The summed E-state index contributed by atoms with van der Waals surface area (Å²) in [4.78, 5) is 36.0. The zero-order valence-electron chi connectivity index (χ0n) is 12.0. The summed E-state index contributed by atoms with van der Waals surface area (Å²) in [5.41, 5.74) is -1.99. The second-order valence-electron chi connectivity index (χ2n) is 6.09. The molecule has 0 aromatic carbocycles. The molecule has 0 radical (unpaired) electrons. The predicted molar refractivity (Wildman–Crippen MR) is 67.8 cm³/mol. The van der Waals surface area contributed by atoms with E-state index in [4.69, 9.17) is 9.84 Å². The van der Waals surface area contributed by atoms with E-state index < -0.39 is 29.5 Å². The SMILES string of the molecule is CC(OC(=O)C1(C)C(=O)CCN1C(=O)O)C(C)(C)C. The topological polar surface area (TPSA) is 83.9 Å². The highest BCUT2D eigenvalue weighted by molar-refractivity contribution is 6.11. The zero-order valence-corrected chi connectivity index (χ0v) is 12.0. The number of rotatable bonds is 2. The lowest BCUT2D eigenvalue weighted by molar-refractivity contribution is -0.166. The van der Waals surface area contributed by atoms with Crippen LogP contribution in [0.3, 0.4) is 0 Å². The molecule has 0 aromatic rings. The molecular weight excluding hydrogens is 250 g/mol. The summed E-state index contributed by atoms with van der Waals surface area (Å²) in [5.74, 6) is -1.21. The third-order valence-electron chi connectivity index (χ3n) is 3.78. The summed E-state index contributed by atoms with van der Waals surface area (Å²) >= 11 is 0. The molecule has 1 amide bonds. The Morgan fingerprint density at radius 1 is 1.42 bits per heavy atom. The monoisotopic (exact) mass is 271 g/mol. The fourth-order valence-corrected chi connectivity index (χ4v) is 1.79. The molecule has 1 heterocycles. The standard InChI is InChI=1S/C13H21NO5/c1-8(12(2,3)4)19-10(16)13(5)9(15)6-7-14(13)11(17)18/h8H,6-7H2,1-5H3,(H,17,18). The fourth-order valence-electron chi connectivity index (χ4n) is 1.79. The van der Waals surface area contributed by atoms with Crippen molar-refractivity contribution >= 4 is 17.8 Å². The minimum absolute atomic E-state index is 0.0314. The molecule has 0 saturated carbocycles. The van der Waals surface area contributed by atoms with E-state index in [0.717, 1.165) is 4.90 Å². The third kappa shape index (κ3) is 2.72. The fraction of sp³-hybridized carbons (Fsp3) is 0.769. The van der Waals surface area contributed by atoms with Gasteiger partial charge in [-0.05, 0) is 19.3 Å². The van der Waals surface area contributed by atoms with Gasteiger partial charge in [-0.1, -0.05) is 20.8 Å². The van der Waals surface area contributed by atoms with Gasteiger partial charge in [0.05, 0.1) is 0 Å². The maximum absolute atomic E-state index is 12.2. The molecule has 0 bridgehead atoms. The number of nitrogens with zero attached hydrogens (tertiary/aromatic N) is 1. The van der Waals surface area contributed by atoms with E-state index in [0.29, 0.717) is 0 Å². The minimum atomic E-state index is -1.72. The van der Waals surface area contributed by atoms with Crippen LogP contribution in [0, 0.1) is 5.41 Å². The molecule has 0 aliphatic carbocycles. The Bertz CT molecular complexity index is 412. The lowest BCUT2D eigenvalue weighted by atomic mass is 9.89. The maximum Gasteiger partial charge on any atom is 0.408 e. The van der Waals surface area contributed by atoms with Crippen LogP contribution in [0.4, 0.5) is 4.79 Å². The summed E-state index contributed by atoms with van der Waals surface area (Å²) in [6.45, 7) is 8.78. The van der Waals surface area contributed by atoms with Crippen LogP contribution in [0.15, 0.2) is 0 Å². The molecule has 1 saturated heterocycles. The van der Waals surface area contributed by atoms with Gasteiger partial charge in [-0.2, -0.15) is 0 Å². The Labute approximate surface area is 112 Å². The molecule has 19 heavy (non-hydrogen) atoms. The molecule has 2 unspecified atom stereocenters. The number of ketones is 1. The van der Waals surface area contributed by atoms with Crippen LogP contribution in [0.5, 0.6) is 0 Å². The Kier molecular flexibility index (Phi) is 3.93. The number of hydrogen-bond donors (Lipinski definition) is 1. The van der Waals surface area contributed by atoms with Gasteiger partial charge in [-0.25, -0.2) is 9.59 Å². The molecule has 0 spiro atoms. The smallest absolute Gasteiger partial charge is 0.408 e. The summed E-state index contributed by atoms with van der Waals surface area (Å²) in [7, 11) is 0. The second kappa shape index (κ2) is 4.83. The first-order valence-corrected chi connectivity index (χ1v) is 6.26. The number of carbonyl (C=O) groups is 3. The summed E-state index contributed by atoms with van der Waals surface area (Å²) in [6, 6.07) is 0. The van der Waals surface area contributed by atoms with Crippen molar-refractivity contribution in [3.05, 3.63) is 0 Å². The van der Waals surface area contributed by atoms with Crippen molar-refractivity contribution < 1.29 is 24.2 Å². The van der Waals surface area contributed by atoms with Crippen molar-refractivity contribution in [3.8, 4) is 0 Å². The second-order valence-corrected chi connectivity index (χ2v) is 6.09. The molecular formula is C13H21NO5. The van der Waals surface area contributed by atoms with Crippen LogP contribution in [0.2, 0.25) is 0 Å². The largest absolute Gasteiger partial charge is 0.465 e. The van der Waals surface area contributed by atoms with Gasteiger partial charge in [-0.3, -0.25) is 9.69 Å². The van der Waals surface area contributed by atoms with E-state index >= 15 is 0 Å². The molecule has 1 aliphatic heterocycles. The lowest BCUT2D eigenvalue weighted by Crippen LogP contribution is -2.56. The number of Topliss-reactive ketones (excluding diaryl/α,β-unsaturated/α-hetero) is 1. The van der Waals surface area contributed by atoms with Crippen LogP contribution in [0.1, 0.15) is 41.0 Å². The van der Waals surface area contributed by atoms with Gasteiger partial charge in [0.1, 0.15) is 6.10 Å². The Morgan fingerprint density at radius 3 is 2.37 bits per heavy atom. The Hall–Kier alpha value is -1.59. The molecule has 1 fully saturated rings. The van der Waals surface area contributed by atoms with Crippen molar-refractivity contribution in [2.75, 3.05) is 6.54 Å². The average Bonchev–Trinajstić information content (AvgIpc) is 2.55. The summed E-state index contributed by atoms with van der Waals surface area (Å²) < 4.78 is 5.29. The van der Waals surface area contributed by atoms with E-state index in [-0.39, 0.29) is 18.4 Å². The maximum atomic E-state index is 12.2. The van der Waals surface area contributed by atoms with Crippen molar-refractivity contribution in [2.24, 2.45) is 5.41 Å². The van der Waals surface area contributed by atoms with Crippen LogP contribution < -0.4 is 0 Å². The number of hydrogen-bond acceptors (Lipinski definition) is 4. The molecule has 0 aromatic heterocycles. The molecule has 1 rings (SSSR count). The van der Waals surface area contributed by atoms with Gasteiger partial charge in [-0.15, -0.1) is 0 Å². The van der Waals surface area contributed by atoms with E-state index in [1.54, 1.807) is 6.92 Å². The molecule has 1 aliphatic rings. The highest BCUT2D eigenvalue weighted by atomic mass is 16.5. The third-order valence-corrected chi connectivity index (χ3v) is 3.78. The Balaban J connectivity index is 2.95. The van der Waals surface area contributed by atoms with Crippen molar-refractivity contribution in [1.82, 2.24) is 4.90 Å². The minimum Gasteiger partial charge on any atom is -0.465 e. The summed E-state index contributed by atoms with van der Waals surface area (Å²) in [6.07, 6.45) is -1.66. The number of amides is 1. The molecule has 1 N–H and O–H groups in total. The molecule has 6 heteroatoms. The van der Waals surface area contributed by atoms with Crippen LogP contribution in [-0.2, 0) is 14.3 Å². The number of carbonyl (C=O) groups excluding carboxylic acids is 2. The number of likely N-dealkylation sites (tertiary alicyclic amines) is 1. The van der Waals surface area contributed by atoms with Crippen molar-refractivity contribution in [2.45, 2.75) is 52.7 Å². The number of ether oxygens (including phenoxy) is 1. The highest BCUT2D eigenvalue weighted by Crippen LogP contribution is 2.30. The molecule has 2 atom stereocenters. The van der Waals surface area contributed by atoms with E-state index in [9.17, 15) is 14.4 Å². The highest BCUT2D eigenvalue weighted by Gasteiger charge is 2.54. The van der Waals surface area contributed by atoms with Crippen LogP contribution >= 0.6 is 0 Å². The van der Waals surface area contributed by atoms with Gasteiger partial charge < -0.3 is 9.84 Å². The van der Waals surface area contributed by atoms with Gasteiger partial charge in [0, 0.05) is 13.0 Å². The first-order valence-electron chi connectivity index (χ1n) is 6.26. The zero-order chi connectivity index (χ0) is 15.0. The molecule has 6 nitrogen and oxygen atoms in total. The number of esters is 1. The first kappa shape index (κ1) is 15.5. The van der Waals surface area contributed by atoms with Crippen molar-refractivity contribution in [1.29, 1.82) is 0 Å². The van der Waals surface area contributed by atoms with E-state index in [1.165, 1.54) is 6.92 Å². The van der Waals surface area contributed by atoms with Gasteiger partial charge in [0.25, 0.3) is 0 Å². The predicted octanol–water partition coefficient (Wildman–Crippen LogP) is 1.68. The van der Waals surface area contributed by atoms with Crippen LogP contribution in [0.25, 0.3) is 0 Å². The molecule has 108 valence electrons. The van der Waals surface area contributed by atoms with Crippen LogP contribution in [-0.4, -0.2) is 46.0 Å². The van der Waals surface area contributed by atoms with Gasteiger partial charge >= 0.3 is 12.1 Å².